The van der Waals surface area contributed by atoms with E-state index in [9.17, 15) is 9.90 Å². The van der Waals surface area contributed by atoms with Gasteiger partial charge in [0.05, 0.1) is 5.60 Å². The summed E-state index contributed by atoms with van der Waals surface area (Å²) in [5.41, 5.74) is -0.587. The third kappa shape index (κ3) is 2.67. The molecular formula is C17H28N2O2. The number of hydrogen-bond acceptors (Lipinski definition) is 2. The van der Waals surface area contributed by atoms with Crippen molar-refractivity contribution in [2.45, 2.75) is 75.3 Å². The first-order valence-corrected chi connectivity index (χ1v) is 8.83. The molecule has 0 aromatic carbocycles. The second-order valence-electron chi connectivity index (χ2n) is 8.44. The Morgan fingerprint density at radius 3 is 2.05 bits per heavy atom. The van der Waals surface area contributed by atoms with Crippen LogP contribution < -0.4 is 10.6 Å². The Kier molecular flexibility index (Phi) is 3.21. The standard InChI is InChI=1S/C17H28N2O2/c20-15(18-11-17(21)3-1-2-4-17)19-16-8-12-5-13(9-16)7-14(6-12)10-16/h12-14,21H,1-11H2,(H2,18,19,20). The number of urea groups is 1. The van der Waals surface area contributed by atoms with Gasteiger partial charge in [-0.1, -0.05) is 12.8 Å². The van der Waals surface area contributed by atoms with Crippen LogP contribution in [0.3, 0.4) is 0 Å². The maximum atomic E-state index is 12.3. The van der Waals surface area contributed by atoms with Crippen LogP contribution >= 0.6 is 0 Å². The second-order valence-corrected chi connectivity index (χ2v) is 8.44. The average Bonchev–Trinajstić information content (AvgIpc) is 2.82. The number of nitrogens with one attached hydrogen (secondary N) is 2. The smallest absolute Gasteiger partial charge is 0.315 e. The third-order valence-electron chi connectivity index (χ3n) is 6.53. The zero-order valence-corrected chi connectivity index (χ0v) is 12.9. The maximum absolute atomic E-state index is 12.3. The van der Waals surface area contributed by atoms with Gasteiger partial charge in [-0.25, -0.2) is 4.79 Å². The highest BCUT2D eigenvalue weighted by molar-refractivity contribution is 5.75. The number of amides is 2. The van der Waals surface area contributed by atoms with Crippen molar-refractivity contribution in [3.8, 4) is 0 Å². The third-order valence-corrected chi connectivity index (χ3v) is 6.53. The van der Waals surface area contributed by atoms with E-state index in [1.54, 1.807) is 0 Å². The molecule has 5 rings (SSSR count). The molecule has 0 aromatic heterocycles. The van der Waals surface area contributed by atoms with Crippen molar-refractivity contribution in [3.05, 3.63) is 0 Å². The predicted molar refractivity (Wildman–Crippen MR) is 80.9 cm³/mol. The van der Waals surface area contributed by atoms with E-state index in [1.165, 1.54) is 38.5 Å². The lowest BCUT2D eigenvalue weighted by Gasteiger charge is -2.56. The lowest BCUT2D eigenvalue weighted by molar-refractivity contribution is -0.0142. The molecule has 0 heterocycles. The molecule has 0 radical (unpaired) electrons. The number of hydrogen-bond donors (Lipinski definition) is 3. The monoisotopic (exact) mass is 292 g/mol. The molecule has 5 aliphatic rings. The highest BCUT2D eigenvalue weighted by Crippen LogP contribution is 2.55. The summed E-state index contributed by atoms with van der Waals surface area (Å²) in [6.45, 7) is 0.408. The summed E-state index contributed by atoms with van der Waals surface area (Å²) in [6, 6.07) is -0.0581. The Morgan fingerprint density at radius 1 is 1.00 bits per heavy atom. The maximum Gasteiger partial charge on any atom is 0.315 e. The largest absolute Gasteiger partial charge is 0.388 e. The van der Waals surface area contributed by atoms with Crippen LogP contribution in [0.5, 0.6) is 0 Å². The molecule has 5 fully saturated rings. The lowest BCUT2D eigenvalue weighted by atomic mass is 9.53. The Hall–Kier alpha value is -0.770. The van der Waals surface area contributed by atoms with Crippen molar-refractivity contribution >= 4 is 6.03 Å². The van der Waals surface area contributed by atoms with E-state index in [0.717, 1.165) is 43.4 Å². The molecule has 0 unspecified atom stereocenters. The predicted octanol–water partition coefficient (Wildman–Crippen LogP) is 2.56. The molecule has 0 aromatic rings. The zero-order valence-electron chi connectivity index (χ0n) is 12.9. The van der Waals surface area contributed by atoms with E-state index >= 15 is 0 Å². The number of carbonyl (C=O) groups excluding carboxylic acids is 1. The van der Waals surface area contributed by atoms with Gasteiger partial charge >= 0.3 is 6.03 Å². The van der Waals surface area contributed by atoms with Crippen molar-refractivity contribution in [3.63, 3.8) is 0 Å². The van der Waals surface area contributed by atoms with E-state index in [4.69, 9.17) is 0 Å². The Balaban J connectivity index is 1.34. The van der Waals surface area contributed by atoms with Crippen LogP contribution in [-0.4, -0.2) is 28.8 Å². The summed E-state index contributed by atoms with van der Waals surface area (Å²) in [5, 5.41) is 16.6. The molecule has 21 heavy (non-hydrogen) atoms. The summed E-state index contributed by atoms with van der Waals surface area (Å²) in [7, 11) is 0. The first-order valence-electron chi connectivity index (χ1n) is 8.83. The summed E-state index contributed by atoms with van der Waals surface area (Å²) in [6.07, 6.45) is 11.5. The van der Waals surface area contributed by atoms with Gasteiger partial charge in [0.15, 0.2) is 0 Å². The molecule has 0 saturated heterocycles. The lowest BCUT2D eigenvalue weighted by Crippen LogP contribution is -2.62. The zero-order chi connectivity index (χ0) is 14.5. The van der Waals surface area contributed by atoms with Gasteiger partial charge in [-0.05, 0) is 69.1 Å². The van der Waals surface area contributed by atoms with Crippen LogP contribution in [0.15, 0.2) is 0 Å². The molecule has 4 heteroatoms. The molecule has 4 nitrogen and oxygen atoms in total. The number of carbonyl (C=O) groups is 1. The van der Waals surface area contributed by atoms with Gasteiger partial charge in [-0.15, -0.1) is 0 Å². The van der Waals surface area contributed by atoms with Gasteiger partial charge in [0.2, 0.25) is 0 Å². The van der Waals surface area contributed by atoms with E-state index in [-0.39, 0.29) is 11.6 Å². The van der Waals surface area contributed by atoms with E-state index in [1.807, 2.05) is 0 Å². The molecule has 0 spiro atoms. The molecular weight excluding hydrogens is 264 g/mol. The fourth-order valence-corrected chi connectivity index (χ4v) is 6.00. The minimum Gasteiger partial charge on any atom is -0.388 e. The van der Waals surface area contributed by atoms with Crippen molar-refractivity contribution in [1.29, 1.82) is 0 Å². The van der Waals surface area contributed by atoms with Gasteiger partial charge in [0, 0.05) is 12.1 Å². The molecule has 0 aliphatic heterocycles. The minimum absolute atomic E-state index is 0.0581. The van der Waals surface area contributed by atoms with Gasteiger partial charge in [0.1, 0.15) is 0 Å². The van der Waals surface area contributed by atoms with E-state index < -0.39 is 5.60 Å². The molecule has 3 N–H and O–H groups in total. The summed E-state index contributed by atoms with van der Waals surface area (Å²) >= 11 is 0. The SMILES string of the molecule is O=C(NCC1(O)CCCC1)NC12CC3CC(CC(C3)C1)C2. The fraction of sp³-hybridized carbons (Fsp3) is 0.941. The first-order chi connectivity index (χ1) is 10.0. The second kappa shape index (κ2) is 4.87. The minimum atomic E-state index is -0.654. The van der Waals surface area contributed by atoms with Crippen LogP contribution in [0.25, 0.3) is 0 Å². The molecule has 5 aliphatic carbocycles. The first kappa shape index (κ1) is 13.9. The summed E-state index contributed by atoms with van der Waals surface area (Å²) in [5.74, 6) is 2.53. The molecule has 0 atom stereocenters. The van der Waals surface area contributed by atoms with Crippen molar-refractivity contribution < 1.29 is 9.90 Å². The van der Waals surface area contributed by atoms with E-state index in [2.05, 4.69) is 10.6 Å². The molecule has 5 saturated carbocycles. The van der Waals surface area contributed by atoms with Gasteiger partial charge in [0.25, 0.3) is 0 Å². The Labute approximate surface area is 127 Å². The normalized spacial score (nSPS) is 43.0. The van der Waals surface area contributed by atoms with Crippen LogP contribution in [0.4, 0.5) is 4.79 Å². The van der Waals surface area contributed by atoms with Crippen LogP contribution in [-0.2, 0) is 0 Å². The number of rotatable bonds is 3. The highest BCUT2D eigenvalue weighted by Gasteiger charge is 2.51. The van der Waals surface area contributed by atoms with Crippen molar-refractivity contribution in [1.82, 2.24) is 10.6 Å². The summed E-state index contributed by atoms with van der Waals surface area (Å²) < 4.78 is 0. The molecule has 4 bridgehead atoms. The highest BCUT2D eigenvalue weighted by atomic mass is 16.3. The van der Waals surface area contributed by atoms with Crippen molar-refractivity contribution in [2.24, 2.45) is 17.8 Å². The topological polar surface area (TPSA) is 61.4 Å². The van der Waals surface area contributed by atoms with Crippen molar-refractivity contribution in [2.75, 3.05) is 6.54 Å². The van der Waals surface area contributed by atoms with Crippen LogP contribution in [0.1, 0.15) is 64.2 Å². The fourth-order valence-electron chi connectivity index (χ4n) is 6.00. The number of aliphatic hydroxyl groups is 1. The van der Waals surface area contributed by atoms with E-state index in [0.29, 0.717) is 6.54 Å². The average molecular weight is 292 g/mol. The summed E-state index contributed by atoms with van der Waals surface area (Å²) in [4.78, 5) is 12.3. The van der Waals surface area contributed by atoms with Crippen LogP contribution in [0, 0.1) is 17.8 Å². The molecule has 118 valence electrons. The van der Waals surface area contributed by atoms with Gasteiger partial charge < -0.3 is 15.7 Å². The quantitative estimate of drug-likeness (QED) is 0.748. The Morgan fingerprint density at radius 2 is 1.52 bits per heavy atom. The Bertz CT molecular complexity index is 393. The molecule has 2 amide bonds. The van der Waals surface area contributed by atoms with Gasteiger partial charge in [-0.2, -0.15) is 0 Å². The van der Waals surface area contributed by atoms with Crippen LogP contribution in [0.2, 0.25) is 0 Å². The van der Waals surface area contributed by atoms with Gasteiger partial charge in [-0.3, -0.25) is 0 Å².